The quantitative estimate of drug-likeness (QED) is 0.138. The summed E-state index contributed by atoms with van der Waals surface area (Å²) >= 11 is 0. The molecule has 0 saturated heterocycles. The van der Waals surface area contributed by atoms with E-state index in [1.54, 1.807) is 0 Å². The molecule has 0 fully saturated rings. The molecule has 6 heterocycles. The summed E-state index contributed by atoms with van der Waals surface area (Å²) in [6.45, 7) is 0. The molecule has 32 rings (SSSR count). The number of para-hydroxylation sites is 6. The van der Waals surface area contributed by atoms with Gasteiger partial charge >= 0.3 is 0 Å². The molecule has 6 heteroatoms. The van der Waals surface area contributed by atoms with Crippen molar-refractivity contribution in [2.24, 2.45) is 0 Å². The molecular weight excluding hydrogens is 1770 g/mol. The molecule has 0 unspecified atom stereocenters. The Labute approximate surface area is 839 Å². The molecule has 0 spiro atoms. The number of nitrogens with zero attached hydrogens (tertiary/aromatic N) is 6. The van der Waals surface area contributed by atoms with Gasteiger partial charge in [-0.1, -0.05) is 413 Å². The third-order valence-electron chi connectivity index (χ3n) is 30.9. The Kier molecular flexibility index (Phi) is 18.7. The van der Waals surface area contributed by atoms with Gasteiger partial charge in [-0.25, -0.2) is 0 Å². The van der Waals surface area contributed by atoms with Crippen LogP contribution in [0.3, 0.4) is 0 Å². The molecule has 6 nitrogen and oxygen atoms in total. The van der Waals surface area contributed by atoms with Crippen LogP contribution in [0.5, 0.6) is 0 Å². The van der Waals surface area contributed by atoms with Crippen molar-refractivity contribution in [2.75, 3.05) is 0 Å². The van der Waals surface area contributed by atoms with E-state index >= 15 is 0 Å². The van der Waals surface area contributed by atoms with Gasteiger partial charge in [-0.15, -0.1) is 0 Å². The van der Waals surface area contributed by atoms with E-state index in [0.29, 0.717) is 0 Å². The van der Waals surface area contributed by atoms with Crippen LogP contribution in [0.1, 0.15) is 0 Å². The Morgan fingerprint density at radius 2 is 0.322 bits per heavy atom. The first-order valence-electron chi connectivity index (χ1n) is 50.4. The van der Waals surface area contributed by atoms with Crippen LogP contribution in [0.25, 0.3) is 285 Å². The lowest BCUT2D eigenvalue weighted by Crippen LogP contribution is -1.97. The second-order valence-corrected chi connectivity index (χ2v) is 38.7. The van der Waals surface area contributed by atoms with Crippen LogP contribution in [-0.2, 0) is 0 Å². The van der Waals surface area contributed by atoms with Gasteiger partial charge in [0.05, 0.1) is 66.2 Å². The van der Waals surface area contributed by atoms with Gasteiger partial charge in [0.15, 0.2) is 0 Å². The molecule has 0 saturated carbocycles. The zero-order valence-corrected chi connectivity index (χ0v) is 79.5. The molecule has 0 amide bonds. The van der Waals surface area contributed by atoms with Crippen LogP contribution < -0.4 is 0 Å². The van der Waals surface area contributed by atoms with Crippen LogP contribution in [-0.4, -0.2) is 27.4 Å². The summed E-state index contributed by atoms with van der Waals surface area (Å²) in [7, 11) is 0. The first kappa shape index (κ1) is 82.5. The number of hydrogen-bond acceptors (Lipinski definition) is 0. The molecule has 26 aromatic carbocycles. The number of benzene rings is 26. The lowest BCUT2D eigenvalue weighted by molar-refractivity contribution is 1.18. The molecule has 0 aliphatic carbocycles. The van der Waals surface area contributed by atoms with E-state index < -0.39 is 0 Å². The predicted molar refractivity (Wildman–Crippen MR) is 622 cm³/mol. The predicted octanol–water partition coefficient (Wildman–Crippen LogP) is 37.9. The topological polar surface area (TPSA) is 29.6 Å². The summed E-state index contributed by atoms with van der Waals surface area (Å²) in [5.74, 6) is 0. The Balaban J connectivity index is 0.000000102. The first-order valence-corrected chi connectivity index (χ1v) is 50.4. The van der Waals surface area contributed by atoms with Crippen LogP contribution >= 0.6 is 0 Å². The van der Waals surface area contributed by atoms with Gasteiger partial charge in [-0.2, -0.15) is 0 Å². The SMILES string of the molecule is c1ccc(-c2ccc(-n3c4ccccc4c4c3c3ccccc3c3c5c6ccccc6ccc5n(-c5ccccc5)c34)cc2)cc1.c1ccc(-n2c3ccc4ccccc4c3c3c4ccccc4c4c(c5ccccc5n4-c4ccc(-c5ccc6ccccc6c5)cc4)c32)cc1.c1ccc(-n2c3ccc4ccccc4c3c3c4ccccc4c4c(c5ccccc5n4-c4cccc(-c5ccc6ccccc6c5)c4)c32)cc1. The zero-order valence-electron chi connectivity index (χ0n) is 79.5. The van der Waals surface area contributed by atoms with Crippen LogP contribution in [0.4, 0.5) is 0 Å². The minimum atomic E-state index is 1.15. The minimum Gasteiger partial charge on any atom is -0.309 e. The van der Waals surface area contributed by atoms with Crippen LogP contribution in [0, 0.1) is 0 Å². The number of aromatic nitrogens is 6. The van der Waals surface area contributed by atoms with Gasteiger partial charge in [0, 0.05) is 115 Å². The van der Waals surface area contributed by atoms with E-state index in [1.807, 2.05) is 0 Å². The molecule has 146 heavy (non-hydrogen) atoms. The summed E-state index contributed by atoms with van der Waals surface area (Å²) in [5, 5.41) is 35.6. The van der Waals surface area contributed by atoms with Crippen molar-refractivity contribution < 1.29 is 0 Å². The Hall–Kier alpha value is -19.4. The average Bonchev–Trinajstić information content (AvgIpc) is 1.53. The summed E-state index contributed by atoms with van der Waals surface area (Å²) in [6, 6.07) is 195. The monoisotopic (exact) mass is 1850 g/mol. The molecule has 32 aromatic rings. The summed E-state index contributed by atoms with van der Waals surface area (Å²) < 4.78 is 15.0. The smallest absolute Gasteiger partial charge is 0.0648 e. The van der Waals surface area contributed by atoms with Crippen molar-refractivity contribution in [2.45, 2.75) is 0 Å². The van der Waals surface area contributed by atoms with Crippen molar-refractivity contribution in [3.63, 3.8) is 0 Å². The van der Waals surface area contributed by atoms with Crippen LogP contribution in [0.2, 0.25) is 0 Å². The molecular formula is C140H88N6. The normalized spacial score (nSPS) is 12.0. The highest BCUT2D eigenvalue weighted by Gasteiger charge is 2.31. The fourth-order valence-electron chi connectivity index (χ4n) is 24.7. The molecule has 0 bridgehead atoms. The third kappa shape index (κ3) is 12.6. The standard InChI is InChI=1S/2C48H30N2.C44H28N2/c1-2-17-36(18-3-1)49-43-28-27-32-14-6-7-20-38(32)44(43)45-39-21-8-9-22-40(39)47-46(48(45)49)41-23-10-11-24-42(41)50(47)37-19-12-16-34(30-37)35-26-25-31-13-4-5-15-33(31)29-35;1-2-15-36(16-3-1)50-43-29-26-33-13-6-7-17-38(33)44(43)45-39-18-8-9-19-40(39)47-46(48(45)50)41-20-10-11-21-42(41)49(47)37-27-24-32(25-28-37)35-23-22-31-12-4-5-14-34(31)30-35;1-3-13-29(14-4-1)30-23-26-33(27-24-30)45-38-22-12-11-21-37(38)42-43(45)36-20-10-9-19-35(36)41-40-34-18-8-7-15-31(34)25-28-39(40)46(44(41)42)32-16-5-2-6-17-32/h2*1-30H;1-28H. The number of hydrogen-bond donors (Lipinski definition) is 0. The first-order chi connectivity index (χ1) is 72.5. The van der Waals surface area contributed by atoms with Crippen LogP contribution in [0.15, 0.2) is 534 Å². The average molecular weight is 1850 g/mol. The lowest BCUT2D eigenvalue weighted by Gasteiger charge is -2.14. The van der Waals surface area contributed by atoms with Gasteiger partial charge in [-0.05, 0) is 225 Å². The second-order valence-electron chi connectivity index (χ2n) is 38.7. The molecule has 6 aromatic heterocycles. The van der Waals surface area contributed by atoms with Crippen molar-refractivity contribution in [1.29, 1.82) is 0 Å². The van der Waals surface area contributed by atoms with E-state index in [0.717, 1.165) is 28.4 Å². The maximum atomic E-state index is 2.51. The van der Waals surface area contributed by atoms with Gasteiger partial charge < -0.3 is 27.4 Å². The van der Waals surface area contributed by atoms with E-state index in [1.165, 1.54) is 256 Å². The Morgan fingerprint density at radius 1 is 0.0959 bits per heavy atom. The van der Waals surface area contributed by atoms with Crippen molar-refractivity contribution in [1.82, 2.24) is 27.4 Å². The Bertz CT molecular complexity index is 11000. The molecule has 0 N–H and O–H groups in total. The van der Waals surface area contributed by atoms with E-state index in [4.69, 9.17) is 0 Å². The highest BCUT2D eigenvalue weighted by molar-refractivity contribution is 6.43. The molecule has 0 atom stereocenters. The summed E-state index contributed by atoms with van der Waals surface area (Å²) in [5.41, 5.74) is 29.0. The van der Waals surface area contributed by atoms with Gasteiger partial charge in [-0.3, -0.25) is 0 Å². The molecule has 0 aliphatic rings. The third-order valence-corrected chi connectivity index (χ3v) is 30.9. The van der Waals surface area contributed by atoms with Crippen molar-refractivity contribution in [3.05, 3.63) is 534 Å². The Morgan fingerprint density at radius 3 is 0.685 bits per heavy atom. The maximum absolute atomic E-state index is 2.51. The lowest BCUT2D eigenvalue weighted by atomic mass is 9.97. The van der Waals surface area contributed by atoms with E-state index in [-0.39, 0.29) is 0 Å². The van der Waals surface area contributed by atoms with Crippen molar-refractivity contribution in [3.8, 4) is 67.5 Å². The molecule has 0 aliphatic heterocycles. The highest BCUT2D eigenvalue weighted by Crippen LogP contribution is 2.54. The van der Waals surface area contributed by atoms with E-state index in [2.05, 4.69) is 561 Å². The molecule has 678 valence electrons. The van der Waals surface area contributed by atoms with Gasteiger partial charge in [0.2, 0.25) is 0 Å². The van der Waals surface area contributed by atoms with E-state index in [9.17, 15) is 0 Å². The fourth-order valence-corrected chi connectivity index (χ4v) is 24.7. The second kappa shape index (κ2) is 33.1. The zero-order chi connectivity index (χ0) is 95.7. The summed E-state index contributed by atoms with van der Waals surface area (Å²) in [4.78, 5) is 0. The number of fused-ring (bicyclic) bond motifs is 38. The molecule has 0 radical (unpaired) electrons. The largest absolute Gasteiger partial charge is 0.309 e. The van der Waals surface area contributed by atoms with Gasteiger partial charge in [0.25, 0.3) is 0 Å². The highest BCUT2D eigenvalue weighted by atomic mass is 15.0. The summed E-state index contributed by atoms with van der Waals surface area (Å²) in [6.07, 6.45) is 0. The van der Waals surface area contributed by atoms with Gasteiger partial charge in [0.1, 0.15) is 0 Å². The maximum Gasteiger partial charge on any atom is 0.0648 e. The van der Waals surface area contributed by atoms with Crippen molar-refractivity contribution >= 4 is 217 Å². The number of rotatable bonds is 9. The minimum absolute atomic E-state index is 1.15. The fraction of sp³-hybridized carbons (Fsp3) is 0.